The first-order valence-electron chi connectivity index (χ1n) is 9.23. The third kappa shape index (κ3) is 3.31. The summed E-state index contributed by atoms with van der Waals surface area (Å²) in [7, 11) is 1.76. The molecule has 8 heteroatoms. The van der Waals surface area contributed by atoms with Gasteiger partial charge in [0.15, 0.2) is 5.82 Å². The van der Waals surface area contributed by atoms with Gasteiger partial charge in [-0.2, -0.15) is 5.10 Å². The van der Waals surface area contributed by atoms with Crippen molar-refractivity contribution in [3.8, 4) is 0 Å². The molecular weight excluding hydrogens is 380 g/mol. The normalized spacial score (nSPS) is 17.0. The topological polar surface area (TPSA) is 89.2 Å². The first-order chi connectivity index (χ1) is 13.5. The van der Waals surface area contributed by atoms with Gasteiger partial charge in [0.05, 0.1) is 15.9 Å². The van der Waals surface area contributed by atoms with Crippen molar-refractivity contribution >= 4 is 34.2 Å². The molecule has 1 amide bonds. The lowest BCUT2D eigenvalue weighted by Gasteiger charge is -2.22. The van der Waals surface area contributed by atoms with Crippen LogP contribution in [0.4, 0.5) is 5.82 Å². The molecule has 146 valence electrons. The van der Waals surface area contributed by atoms with Crippen molar-refractivity contribution in [2.45, 2.75) is 25.7 Å². The lowest BCUT2D eigenvalue weighted by atomic mass is 9.95. The molecule has 1 saturated heterocycles. The molecule has 3 aromatic rings. The number of aromatic nitrogens is 2. The first kappa shape index (κ1) is 18.7. The van der Waals surface area contributed by atoms with Gasteiger partial charge in [0.1, 0.15) is 11.3 Å². The zero-order valence-corrected chi connectivity index (χ0v) is 16.5. The molecule has 1 aromatic carbocycles. The number of anilines is 1. The number of hydrogen-bond donors (Lipinski definition) is 2. The number of rotatable bonds is 3. The van der Waals surface area contributed by atoms with Gasteiger partial charge in [-0.3, -0.25) is 9.48 Å². The molecule has 28 heavy (non-hydrogen) atoms. The molecule has 1 atom stereocenters. The summed E-state index contributed by atoms with van der Waals surface area (Å²) < 4.78 is 7.13. The largest absolute Gasteiger partial charge is 0.427 e. The number of carbonyl (C=O) groups excluding carboxylic acids is 1. The Morgan fingerprint density at radius 2 is 2.25 bits per heavy atom. The van der Waals surface area contributed by atoms with Gasteiger partial charge in [-0.25, -0.2) is 4.79 Å². The van der Waals surface area contributed by atoms with Crippen LogP contribution >= 0.6 is 11.6 Å². The van der Waals surface area contributed by atoms with Gasteiger partial charge in [0.25, 0.3) is 5.91 Å². The zero-order chi connectivity index (χ0) is 19.8. The third-order valence-corrected chi connectivity index (χ3v) is 5.47. The Bertz CT molecular complexity index is 1110. The van der Waals surface area contributed by atoms with E-state index in [1.165, 1.54) is 0 Å². The average Bonchev–Trinajstić information content (AvgIpc) is 2.98. The Kier molecular flexibility index (Phi) is 4.95. The Hall–Kier alpha value is -2.64. The fourth-order valence-electron chi connectivity index (χ4n) is 3.73. The van der Waals surface area contributed by atoms with Gasteiger partial charge in [-0.1, -0.05) is 17.7 Å². The SMILES string of the molecule is Cc1cc(C2CCCNC2)oc(=O)c1C(=O)Nc1nn(C)c2cccc(Cl)c12. The number of halogens is 1. The number of nitrogens with one attached hydrogen (secondary N) is 2. The van der Waals surface area contributed by atoms with Crippen molar-refractivity contribution in [3.63, 3.8) is 0 Å². The molecule has 0 spiro atoms. The number of nitrogens with zero attached hydrogens (tertiary/aromatic N) is 2. The highest BCUT2D eigenvalue weighted by atomic mass is 35.5. The molecule has 4 rings (SSSR count). The molecule has 7 nitrogen and oxygen atoms in total. The van der Waals surface area contributed by atoms with Crippen molar-refractivity contribution < 1.29 is 9.21 Å². The van der Waals surface area contributed by atoms with Crippen LogP contribution in [0.3, 0.4) is 0 Å². The quantitative estimate of drug-likeness (QED) is 0.704. The highest BCUT2D eigenvalue weighted by molar-refractivity contribution is 6.36. The second-order valence-electron chi connectivity index (χ2n) is 7.10. The predicted octanol–water partition coefficient (Wildman–Crippen LogP) is 3.21. The van der Waals surface area contributed by atoms with Crippen LogP contribution < -0.4 is 16.3 Å². The van der Waals surface area contributed by atoms with Gasteiger partial charge < -0.3 is 15.1 Å². The van der Waals surface area contributed by atoms with E-state index in [-0.39, 0.29) is 11.5 Å². The van der Waals surface area contributed by atoms with E-state index in [0.717, 1.165) is 31.4 Å². The van der Waals surface area contributed by atoms with Crippen LogP contribution in [0.1, 0.15) is 40.4 Å². The van der Waals surface area contributed by atoms with E-state index < -0.39 is 11.5 Å². The Balaban J connectivity index is 1.67. The summed E-state index contributed by atoms with van der Waals surface area (Å²) in [5.41, 5.74) is 0.718. The summed E-state index contributed by atoms with van der Waals surface area (Å²) in [4.78, 5) is 25.4. The Morgan fingerprint density at radius 3 is 2.96 bits per heavy atom. The molecule has 1 aliphatic rings. The summed E-state index contributed by atoms with van der Waals surface area (Å²) in [6.45, 7) is 3.49. The summed E-state index contributed by atoms with van der Waals surface area (Å²) in [6.07, 6.45) is 1.99. The smallest absolute Gasteiger partial charge is 0.349 e. The summed E-state index contributed by atoms with van der Waals surface area (Å²) in [5, 5.41) is 11.5. The maximum absolute atomic E-state index is 12.8. The zero-order valence-electron chi connectivity index (χ0n) is 15.7. The second-order valence-corrected chi connectivity index (χ2v) is 7.51. The van der Waals surface area contributed by atoms with Crippen LogP contribution in [0.25, 0.3) is 10.9 Å². The minimum absolute atomic E-state index is 0.0154. The highest BCUT2D eigenvalue weighted by Gasteiger charge is 2.24. The van der Waals surface area contributed by atoms with Crippen LogP contribution in [0.5, 0.6) is 0 Å². The Labute approximate surface area is 166 Å². The molecule has 3 heterocycles. The number of hydrogen-bond acceptors (Lipinski definition) is 5. The van der Waals surface area contributed by atoms with E-state index in [2.05, 4.69) is 15.7 Å². The number of benzene rings is 1. The second kappa shape index (κ2) is 7.41. The Morgan fingerprint density at radius 1 is 1.43 bits per heavy atom. The number of piperidine rings is 1. The molecule has 1 aliphatic heterocycles. The maximum atomic E-state index is 12.8. The maximum Gasteiger partial charge on any atom is 0.349 e. The van der Waals surface area contributed by atoms with Crippen LogP contribution in [-0.4, -0.2) is 28.8 Å². The van der Waals surface area contributed by atoms with E-state index >= 15 is 0 Å². The predicted molar refractivity (Wildman–Crippen MR) is 108 cm³/mol. The average molecular weight is 401 g/mol. The lowest BCUT2D eigenvalue weighted by Crippen LogP contribution is -2.30. The fourth-order valence-corrected chi connectivity index (χ4v) is 3.99. The minimum Gasteiger partial charge on any atom is -0.427 e. The van der Waals surface area contributed by atoms with Crippen LogP contribution in [0, 0.1) is 6.92 Å². The van der Waals surface area contributed by atoms with E-state index in [1.807, 2.05) is 12.1 Å². The molecular formula is C20H21ClN4O3. The molecule has 2 N–H and O–H groups in total. The van der Waals surface area contributed by atoms with Gasteiger partial charge in [-0.05, 0) is 50.1 Å². The number of fused-ring (bicyclic) bond motifs is 1. The lowest BCUT2D eigenvalue weighted by molar-refractivity contribution is 0.102. The van der Waals surface area contributed by atoms with E-state index in [1.54, 1.807) is 30.8 Å². The highest BCUT2D eigenvalue weighted by Crippen LogP contribution is 2.30. The molecule has 1 fully saturated rings. The van der Waals surface area contributed by atoms with Crippen molar-refractivity contribution in [3.05, 3.63) is 56.6 Å². The molecule has 0 radical (unpaired) electrons. The third-order valence-electron chi connectivity index (χ3n) is 5.15. The minimum atomic E-state index is -0.635. The van der Waals surface area contributed by atoms with Crippen molar-refractivity contribution in [1.29, 1.82) is 0 Å². The van der Waals surface area contributed by atoms with E-state index in [0.29, 0.717) is 27.6 Å². The number of carbonyl (C=O) groups is 1. The van der Waals surface area contributed by atoms with Gasteiger partial charge in [0, 0.05) is 19.5 Å². The van der Waals surface area contributed by atoms with E-state index in [4.69, 9.17) is 16.0 Å². The molecule has 0 aliphatic carbocycles. The van der Waals surface area contributed by atoms with Crippen LogP contribution in [-0.2, 0) is 7.05 Å². The van der Waals surface area contributed by atoms with Crippen molar-refractivity contribution in [2.24, 2.45) is 7.05 Å². The van der Waals surface area contributed by atoms with Gasteiger partial charge in [0.2, 0.25) is 0 Å². The van der Waals surface area contributed by atoms with Gasteiger partial charge in [-0.15, -0.1) is 0 Å². The van der Waals surface area contributed by atoms with Crippen LogP contribution in [0.2, 0.25) is 5.02 Å². The molecule has 1 unspecified atom stereocenters. The van der Waals surface area contributed by atoms with E-state index in [9.17, 15) is 9.59 Å². The summed E-state index contributed by atoms with van der Waals surface area (Å²) in [5.74, 6) is 0.528. The van der Waals surface area contributed by atoms with Crippen molar-refractivity contribution in [2.75, 3.05) is 18.4 Å². The standard InChI is InChI=1S/C20H21ClN4O3/c1-11-9-15(12-5-4-8-22-10-12)28-20(27)16(11)19(26)23-18-17-13(21)6-3-7-14(17)25(2)24-18/h3,6-7,9,12,22H,4-5,8,10H2,1-2H3,(H,23,24,26). The summed E-state index contributed by atoms with van der Waals surface area (Å²) >= 11 is 6.28. The number of amides is 1. The fraction of sp³-hybridized carbons (Fsp3) is 0.350. The monoisotopic (exact) mass is 400 g/mol. The van der Waals surface area contributed by atoms with Crippen LogP contribution in [0.15, 0.2) is 33.5 Å². The van der Waals surface area contributed by atoms with Crippen molar-refractivity contribution in [1.82, 2.24) is 15.1 Å². The number of aryl methyl sites for hydroxylation is 2. The summed E-state index contributed by atoms with van der Waals surface area (Å²) in [6, 6.07) is 7.19. The first-order valence-corrected chi connectivity index (χ1v) is 9.61. The molecule has 2 aromatic heterocycles. The molecule has 0 bridgehead atoms. The molecule has 0 saturated carbocycles. The van der Waals surface area contributed by atoms with Gasteiger partial charge >= 0.3 is 5.63 Å².